The summed E-state index contributed by atoms with van der Waals surface area (Å²) in [7, 11) is 0. The Kier molecular flexibility index (Phi) is 5.49. The van der Waals surface area contributed by atoms with Gasteiger partial charge >= 0.3 is 0 Å². The molecular formula is C17H20N2O2. The van der Waals surface area contributed by atoms with E-state index in [-0.39, 0.29) is 12.5 Å². The first kappa shape index (κ1) is 15.2. The molecule has 4 heteroatoms. The molecule has 0 aliphatic carbocycles. The number of aliphatic hydroxyl groups excluding tert-OH is 1. The predicted octanol–water partition coefficient (Wildman–Crippen LogP) is 1.65. The van der Waals surface area contributed by atoms with Crippen LogP contribution in [0.3, 0.4) is 0 Å². The van der Waals surface area contributed by atoms with Crippen molar-refractivity contribution in [1.29, 1.82) is 0 Å². The van der Waals surface area contributed by atoms with Gasteiger partial charge in [-0.3, -0.25) is 4.79 Å². The molecule has 0 saturated heterocycles. The van der Waals surface area contributed by atoms with Crippen molar-refractivity contribution in [3.05, 3.63) is 71.3 Å². The van der Waals surface area contributed by atoms with Crippen molar-refractivity contribution in [1.82, 2.24) is 5.32 Å². The third kappa shape index (κ3) is 4.15. The minimum atomic E-state index is -0.711. The lowest BCUT2D eigenvalue weighted by molar-refractivity contribution is 0.0915. The van der Waals surface area contributed by atoms with Gasteiger partial charge in [-0.2, -0.15) is 0 Å². The maximum absolute atomic E-state index is 12.2. The van der Waals surface area contributed by atoms with Crippen molar-refractivity contribution in [3.63, 3.8) is 0 Å². The average Bonchev–Trinajstić information content (AvgIpc) is 2.54. The predicted molar refractivity (Wildman–Crippen MR) is 82.9 cm³/mol. The summed E-state index contributed by atoms with van der Waals surface area (Å²) in [5.41, 5.74) is 7.88. The summed E-state index contributed by atoms with van der Waals surface area (Å²) in [6.07, 6.45) is -0.0537. The molecule has 2 aromatic carbocycles. The van der Waals surface area contributed by atoms with E-state index in [1.165, 1.54) is 0 Å². The second kappa shape index (κ2) is 7.57. The van der Waals surface area contributed by atoms with Gasteiger partial charge in [-0.15, -0.1) is 0 Å². The monoisotopic (exact) mass is 284 g/mol. The molecule has 0 aromatic heterocycles. The molecular weight excluding hydrogens is 264 g/mol. The lowest BCUT2D eigenvalue weighted by Crippen LogP contribution is -2.29. The van der Waals surface area contributed by atoms with Gasteiger partial charge in [0.1, 0.15) is 0 Å². The van der Waals surface area contributed by atoms with Crippen molar-refractivity contribution in [2.45, 2.75) is 12.5 Å². The van der Waals surface area contributed by atoms with Gasteiger partial charge in [0.15, 0.2) is 0 Å². The van der Waals surface area contributed by atoms with Gasteiger partial charge in [0, 0.05) is 12.1 Å². The second-order valence-corrected chi connectivity index (χ2v) is 4.83. The number of hydrogen-bond donors (Lipinski definition) is 3. The van der Waals surface area contributed by atoms with E-state index >= 15 is 0 Å². The van der Waals surface area contributed by atoms with Crippen molar-refractivity contribution in [3.8, 4) is 0 Å². The van der Waals surface area contributed by atoms with E-state index in [0.717, 1.165) is 11.1 Å². The van der Waals surface area contributed by atoms with Gasteiger partial charge in [0.25, 0.3) is 5.91 Å². The number of carbonyl (C=O) groups is 1. The average molecular weight is 284 g/mol. The van der Waals surface area contributed by atoms with E-state index in [9.17, 15) is 9.90 Å². The molecule has 1 amide bonds. The largest absolute Gasteiger partial charge is 0.387 e. The maximum atomic E-state index is 12.2. The molecule has 0 radical (unpaired) electrons. The van der Waals surface area contributed by atoms with Crippen molar-refractivity contribution < 1.29 is 9.90 Å². The number of hydrogen-bond acceptors (Lipinski definition) is 3. The van der Waals surface area contributed by atoms with Gasteiger partial charge < -0.3 is 16.2 Å². The topological polar surface area (TPSA) is 75.4 Å². The zero-order valence-electron chi connectivity index (χ0n) is 11.8. The summed E-state index contributed by atoms with van der Waals surface area (Å²) in [6.45, 7) is 0.677. The molecule has 1 unspecified atom stereocenters. The lowest BCUT2D eigenvalue weighted by atomic mass is 10.0. The van der Waals surface area contributed by atoms with Crippen LogP contribution >= 0.6 is 0 Å². The van der Waals surface area contributed by atoms with Crippen molar-refractivity contribution in [2.24, 2.45) is 5.73 Å². The summed E-state index contributed by atoms with van der Waals surface area (Å²) in [5, 5.41) is 12.8. The highest BCUT2D eigenvalue weighted by Gasteiger charge is 2.13. The van der Waals surface area contributed by atoms with Crippen LogP contribution in [-0.4, -0.2) is 24.1 Å². The van der Waals surface area contributed by atoms with Crippen LogP contribution in [0.2, 0.25) is 0 Å². The molecule has 21 heavy (non-hydrogen) atoms. The lowest BCUT2D eigenvalue weighted by Gasteiger charge is -2.13. The third-order valence-electron chi connectivity index (χ3n) is 3.32. The number of benzene rings is 2. The molecule has 0 fully saturated rings. The Hall–Kier alpha value is -2.17. The fourth-order valence-electron chi connectivity index (χ4n) is 2.19. The fraction of sp³-hybridized carbons (Fsp3) is 0.235. The van der Waals surface area contributed by atoms with Crippen LogP contribution in [0.15, 0.2) is 54.6 Å². The Morgan fingerprint density at radius 1 is 1.10 bits per heavy atom. The molecule has 4 nitrogen and oxygen atoms in total. The highest BCUT2D eigenvalue weighted by atomic mass is 16.3. The van der Waals surface area contributed by atoms with Gasteiger partial charge in [-0.05, 0) is 30.2 Å². The maximum Gasteiger partial charge on any atom is 0.251 e. The molecule has 2 rings (SSSR count). The van der Waals surface area contributed by atoms with Gasteiger partial charge in [-0.25, -0.2) is 0 Å². The highest BCUT2D eigenvalue weighted by Crippen LogP contribution is 2.12. The number of nitrogens with two attached hydrogens (primary N) is 1. The van der Waals surface area contributed by atoms with Crippen LogP contribution in [0.1, 0.15) is 27.6 Å². The number of carbonyl (C=O) groups excluding carboxylic acids is 1. The molecule has 0 aliphatic rings. The first-order chi connectivity index (χ1) is 10.2. The van der Waals surface area contributed by atoms with Crippen LogP contribution < -0.4 is 11.1 Å². The molecule has 2 aromatic rings. The molecule has 0 saturated carbocycles. The quantitative estimate of drug-likeness (QED) is 0.755. The smallest absolute Gasteiger partial charge is 0.251 e. The van der Waals surface area contributed by atoms with Gasteiger partial charge in [0.05, 0.1) is 6.10 Å². The zero-order valence-corrected chi connectivity index (χ0v) is 11.8. The number of nitrogens with one attached hydrogen (secondary N) is 1. The third-order valence-corrected chi connectivity index (χ3v) is 3.32. The van der Waals surface area contributed by atoms with E-state index in [4.69, 9.17) is 5.73 Å². The van der Waals surface area contributed by atoms with Crippen LogP contribution in [-0.2, 0) is 6.42 Å². The first-order valence-corrected chi connectivity index (χ1v) is 7.01. The zero-order chi connectivity index (χ0) is 15.1. The minimum Gasteiger partial charge on any atom is -0.387 e. The summed E-state index contributed by atoms with van der Waals surface area (Å²) in [6, 6.07) is 16.7. The Bertz CT molecular complexity index is 584. The Morgan fingerprint density at radius 3 is 2.48 bits per heavy atom. The van der Waals surface area contributed by atoms with E-state index in [2.05, 4.69) is 5.32 Å². The van der Waals surface area contributed by atoms with Crippen LogP contribution in [0.25, 0.3) is 0 Å². The molecule has 0 bridgehead atoms. The highest BCUT2D eigenvalue weighted by molar-refractivity contribution is 5.95. The van der Waals surface area contributed by atoms with Gasteiger partial charge in [0.2, 0.25) is 0 Å². The molecule has 0 aliphatic heterocycles. The minimum absolute atomic E-state index is 0.180. The fourth-order valence-corrected chi connectivity index (χ4v) is 2.19. The number of rotatable bonds is 6. The summed E-state index contributed by atoms with van der Waals surface area (Å²) >= 11 is 0. The van der Waals surface area contributed by atoms with Gasteiger partial charge in [-0.1, -0.05) is 48.5 Å². The van der Waals surface area contributed by atoms with Crippen LogP contribution in [0.5, 0.6) is 0 Å². The molecule has 0 spiro atoms. The standard InChI is InChI=1S/C17H20N2O2/c18-11-10-13-6-4-5-9-15(13)17(21)19-12-16(20)14-7-2-1-3-8-14/h1-9,16,20H,10-12,18H2,(H,19,21). The molecule has 1 atom stereocenters. The molecule has 0 heterocycles. The van der Waals surface area contributed by atoms with Crippen molar-refractivity contribution in [2.75, 3.05) is 13.1 Å². The Labute approximate surface area is 124 Å². The van der Waals surface area contributed by atoms with Crippen LogP contribution in [0, 0.1) is 0 Å². The Balaban J connectivity index is 1.99. The Morgan fingerprint density at radius 2 is 1.76 bits per heavy atom. The normalized spacial score (nSPS) is 11.9. The van der Waals surface area contributed by atoms with E-state index in [1.54, 1.807) is 6.07 Å². The second-order valence-electron chi connectivity index (χ2n) is 4.83. The number of amides is 1. The van der Waals surface area contributed by atoms with Crippen LogP contribution in [0.4, 0.5) is 0 Å². The first-order valence-electron chi connectivity index (χ1n) is 7.01. The number of aliphatic hydroxyl groups is 1. The summed E-state index contributed by atoms with van der Waals surface area (Å²) in [4.78, 5) is 12.2. The van der Waals surface area contributed by atoms with E-state index in [0.29, 0.717) is 18.5 Å². The SMILES string of the molecule is NCCc1ccccc1C(=O)NCC(O)c1ccccc1. The van der Waals surface area contributed by atoms with E-state index in [1.807, 2.05) is 48.5 Å². The summed E-state index contributed by atoms with van der Waals surface area (Å²) < 4.78 is 0. The molecule has 4 N–H and O–H groups in total. The van der Waals surface area contributed by atoms with Crippen molar-refractivity contribution >= 4 is 5.91 Å². The summed E-state index contributed by atoms with van der Waals surface area (Å²) in [5.74, 6) is -0.186. The molecule has 110 valence electrons. The van der Waals surface area contributed by atoms with E-state index < -0.39 is 6.10 Å².